The number of aromatic nitrogens is 2. The van der Waals surface area contributed by atoms with Gasteiger partial charge in [-0.3, -0.25) is 4.79 Å². The van der Waals surface area contributed by atoms with Gasteiger partial charge in [0.05, 0.1) is 23.6 Å². The number of carbonyl (C=O) groups excluding carboxylic acids is 1. The second-order valence-corrected chi connectivity index (χ2v) is 4.36. The highest BCUT2D eigenvalue weighted by Crippen LogP contribution is 2.19. The largest absolute Gasteiger partial charge is 0.384 e. The number of rotatable bonds is 5. The number of carbonyl (C=O) groups is 1. The summed E-state index contributed by atoms with van der Waals surface area (Å²) in [4.78, 5) is 11.1. The first-order valence-corrected chi connectivity index (χ1v) is 5.95. The van der Waals surface area contributed by atoms with Crippen LogP contribution in [0.15, 0.2) is 30.5 Å². The zero-order chi connectivity index (χ0) is 13.8. The Balaban J connectivity index is 2.38. The monoisotopic (exact) mass is 262 g/mol. The molecule has 19 heavy (non-hydrogen) atoms. The number of hydrogen-bond acceptors (Lipinski definition) is 3. The summed E-state index contributed by atoms with van der Waals surface area (Å²) in [6, 6.07) is 5.94. The Morgan fingerprint density at radius 1 is 1.42 bits per heavy atom. The standard InChI is InChI=1S/C14H15FN2O2/c1-10(9-19-2)14-11(8-18)7-17(16-14)13-5-3-12(15)4-6-13/h3-8,10H,9H2,1-2H3. The fourth-order valence-electron chi connectivity index (χ4n) is 1.93. The first-order chi connectivity index (χ1) is 9.15. The molecular formula is C14H15FN2O2. The third kappa shape index (κ3) is 2.88. The van der Waals surface area contributed by atoms with Gasteiger partial charge in [0.15, 0.2) is 6.29 Å². The highest BCUT2D eigenvalue weighted by atomic mass is 19.1. The first-order valence-electron chi connectivity index (χ1n) is 5.95. The number of methoxy groups -OCH3 is 1. The Kier molecular flexibility index (Phi) is 4.06. The molecule has 5 heteroatoms. The molecule has 0 saturated carbocycles. The first kappa shape index (κ1) is 13.4. The van der Waals surface area contributed by atoms with Crippen molar-refractivity contribution >= 4 is 6.29 Å². The van der Waals surface area contributed by atoms with Crippen LogP contribution in [0, 0.1) is 5.82 Å². The van der Waals surface area contributed by atoms with E-state index in [4.69, 9.17) is 4.74 Å². The summed E-state index contributed by atoms with van der Waals surface area (Å²) in [5.41, 5.74) is 1.91. The van der Waals surface area contributed by atoms with Crippen LogP contribution in [0.1, 0.15) is 28.9 Å². The summed E-state index contributed by atoms with van der Waals surface area (Å²) in [5.74, 6) is -0.286. The number of hydrogen-bond donors (Lipinski definition) is 0. The minimum Gasteiger partial charge on any atom is -0.384 e. The van der Waals surface area contributed by atoms with Gasteiger partial charge in [-0.1, -0.05) is 6.92 Å². The van der Waals surface area contributed by atoms with Crippen LogP contribution in [0.25, 0.3) is 5.69 Å². The molecule has 1 aromatic carbocycles. The van der Waals surface area contributed by atoms with Crippen molar-refractivity contribution in [1.82, 2.24) is 9.78 Å². The van der Waals surface area contributed by atoms with E-state index in [0.29, 0.717) is 23.6 Å². The van der Waals surface area contributed by atoms with Crippen LogP contribution >= 0.6 is 0 Å². The molecule has 1 aromatic heterocycles. The molecule has 1 unspecified atom stereocenters. The van der Waals surface area contributed by atoms with Crippen molar-refractivity contribution in [2.75, 3.05) is 13.7 Å². The van der Waals surface area contributed by atoms with Crippen LogP contribution in [0.4, 0.5) is 4.39 Å². The maximum Gasteiger partial charge on any atom is 0.153 e. The van der Waals surface area contributed by atoms with E-state index >= 15 is 0 Å². The van der Waals surface area contributed by atoms with E-state index in [-0.39, 0.29) is 11.7 Å². The van der Waals surface area contributed by atoms with Gasteiger partial charge in [-0.05, 0) is 24.3 Å². The lowest BCUT2D eigenvalue weighted by Crippen LogP contribution is -2.05. The van der Waals surface area contributed by atoms with Gasteiger partial charge < -0.3 is 4.74 Å². The van der Waals surface area contributed by atoms with Crippen LogP contribution in [-0.4, -0.2) is 29.8 Å². The Hall–Kier alpha value is -2.01. The van der Waals surface area contributed by atoms with Crippen molar-refractivity contribution in [3.8, 4) is 5.69 Å². The Morgan fingerprint density at radius 3 is 2.68 bits per heavy atom. The third-order valence-corrected chi connectivity index (χ3v) is 2.87. The fraction of sp³-hybridized carbons (Fsp3) is 0.286. The zero-order valence-electron chi connectivity index (χ0n) is 10.8. The van der Waals surface area contributed by atoms with E-state index in [9.17, 15) is 9.18 Å². The summed E-state index contributed by atoms with van der Waals surface area (Å²) in [5, 5.41) is 4.38. The minimum atomic E-state index is -0.306. The van der Waals surface area contributed by atoms with Gasteiger partial charge in [-0.2, -0.15) is 5.10 Å². The molecule has 0 N–H and O–H groups in total. The molecule has 4 nitrogen and oxygen atoms in total. The van der Waals surface area contributed by atoms with E-state index in [1.54, 1.807) is 30.1 Å². The predicted octanol–water partition coefficient (Wildman–Crippen LogP) is 2.57. The van der Waals surface area contributed by atoms with Crippen LogP contribution < -0.4 is 0 Å². The molecule has 1 heterocycles. The van der Waals surface area contributed by atoms with Gasteiger partial charge in [-0.25, -0.2) is 9.07 Å². The van der Waals surface area contributed by atoms with Gasteiger partial charge >= 0.3 is 0 Å². The Bertz CT molecular complexity index is 563. The van der Waals surface area contributed by atoms with Crippen LogP contribution in [0.5, 0.6) is 0 Å². The van der Waals surface area contributed by atoms with E-state index in [0.717, 1.165) is 6.29 Å². The normalized spacial score (nSPS) is 12.4. The van der Waals surface area contributed by atoms with Crippen molar-refractivity contribution < 1.29 is 13.9 Å². The number of ether oxygens (including phenoxy) is 1. The molecule has 0 amide bonds. The van der Waals surface area contributed by atoms with E-state index in [1.807, 2.05) is 6.92 Å². The average molecular weight is 262 g/mol. The van der Waals surface area contributed by atoms with Crippen molar-refractivity contribution in [1.29, 1.82) is 0 Å². The average Bonchev–Trinajstić information content (AvgIpc) is 2.84. The second-order valence-electron chi connectivity index (χ2n) is 4.36. The minimum absolute atomic E-state index is 0.0203. The molecule has 100 valence electrons. The molecule has 0 aliphatic heterocycles. The maximum atomic E-state index is 12.9. The smallest absolute Gasteiger partial charge is 0.153 e. The highest BCUT2D eigenvalue weighted by molar-refractivity contribution is 5.76. The lowest BCUT2D eigenvalue weighted by molar-refractivity contribution is 0.112. The molecule has 2 rings (SSSR count). The molecule has 0 fully saturated rings. The number of benzene rings is 1. The molecule has 0 spiro atoms. The predicted molar refractivity (Wildman–Crippen MR) is 69.2 cm³/mol. The molecule has 1 atom stereocenters. The van der Waals surface area contributed by atoms with Gasteiger partial charge in [0.25, 0.3) is 0 Å². The highest BCUT2D eigenvalue weighted by Gasteiger charge is 2.16. The van der Waals surface area contributed by atoms with Crippen LogP contribution in [-0.2, 0) is 4.74 Å². The molecule has 0 bridgehead atoms. The Morgan fingerprint density at radius 2 is 2.11 bits per heavy atom. The summed E-state index contributed by atoms with van der Waals surface area (Å²) in [6.07, 6.45) is 2.41. The van der Waals surface area contributed by atoms with Crippen LogP contribution in [0.3, 0.4) is 0 Å². The lowest BCUT2D eigenvalue weighted by Gasteiger charge is -2.07. The van der Waals surface area contributed by atoms with Crippen molar-refractivity contribution in [3.05, 3.63) is 47.5 Å². The van der Waals surface area contributed by atoms with Gasteiger partial charge in [0, 0.05) is 19.2 Å². The van der Waals surface area contributed by atoms with Gasteiger partial charge in [0.2, 0.25) is 0 Å². The summed E-state index contributed by atoms with van der Waals surface area (Å²) in [6.45, 7) is 2.43. The third-order valence-electron chi connectivity index (χ3n) is 2.87. The summed E-state index contributed by atoms with van der Waals surface area (Å²) in [7, 11) is 1.61. The second kappa shape index (κ2) is 5.75. The van der Waals surface area contributed by atoms with Crippen molar-refractivity contribution in [3.63, 3.8) is 0 Å². The molecule has 0 aliphatic rings. The topological polar surface area (TPSA) is 44.1 Å². The quantitative estimate of drug-likeness (QED) is 0.778. The van der Waals surface area contributed by atoms with E-state index in [2.05, 4.69) is 5.10 Å². The number of nitrogens with zero attached hydrogens (tertiary/aromatic N) is 2. The SMILES string of the molecule is COCC(C)c1nn(-c2ccc(F)cc2)cc1C=O. The van der Waals surface area contributed by atoms with Crippen LogP contribution in [0.2, 0.25) is 0 Å². The zero-order valence-corrected chi connectivity index (χ0v) is 10.8. The molecule has 2 aromatic rings. The van der Waals surface area contributed by atoms with Gasteiger partial charge in [-0.15, -0.1) is 0 Å². The molecular weight excluding hydrogens is 247 g/mol. The van der Waals surface area contributed by atoms with E-state index < -0.39 is 0 Å². The molecule has 0 saturated heterocycles. The molecule has 0 aliphatic carbocycles. The molecule has 0 radical (unpaired) electrons. The lowest BCUT2D eigenvalue weighted by atomic mass is 10.1. The van der Waals surface area contributed by atoms with E-state index in [1.165, 1.54) is 12.1 Å². The number of halogens is 1. The van der Waals surface area contributed by atoms with Gasteiger partial charge in [0.1, 0.15) is 5.82 Å². The summed E-state index contributed by atoms with van der Waals surface area (Å²) < 4.78 is 19.5. The fourth-order valence-corrected chi connectivity index (χ4v) is 1.93. The number of aldehydes is 1. The summed E-state index contributed by atoms with van der Waals surface area (Å²) >= 11 is 0. The van der Waals surface area contributed by atoms with Crippen molar-refractivity contribution in [2.24, 2.45) is 0 Å². The maximum absolute atomic E-state index is 12.9. The van der Waals surface area contributed by atoms with Crippen molar-refractivity contribution in [2.45, 2.75) is 12.8 Å². The Labute approximate surface area is 110 Å².